The Hall–Kier alpha value is -0.900. The zero-order valence-corrected chi connectivity index (χ0v) is 11.9. The van der Waals surface area contributed by atoms with Crippen LogP contribution in [0.2, 0.25) is 0 Å². The summed E-state index contributed by atoms with van der Waals surface area (Å²) in [5.41, 5.74) is 8.05. The molecule has 0 fully saturated rings. The average Bonchev–Trinajstić information content (AvgIpc) is 2.36. The van der Waals surface area contributed by atoms with E-state index >= 15 is 0 Å². The van der Waals surface area contributed by atoms with Crippen molar-refractivity contribution in [3.8, 4) is 0 Å². The molecule has 1 unspecified atom stereocenters. The molecule has 0 aliphatic rings. The number of aryl methyl sites for hydroxylation is 1. The van der Waals surface area contributed by atoms with Gasteiger partial charge in [-0.25, -0.2) is 0 Å². The van der Waals surface area contributed by atoms with E-state index in [1.165, 1.54) is 11.1 Å². The average molecular weight is 251 g/mol. The third-order valence-corrected chi connectivity index (χ3v) is 3.33. The molecule has 1 rings (SSSR count). The zero-order valence-electron chi connectivity index (χ0n) is 11.9. The third-order valence-electron chi connectivity index (χ3n) is 3.33. The number of benzene rings is 1. The van der Waals surface area contributed by atoms with E-state index in [1.807, 2.05) is 12.1 Å². The van der Waals surface area contributed by atoms with Crippen molar-refractivity contribution in [2.75, 3.05) is 20.3 Å². The Morgan fingerprint density at radius 2 is 1.94 bits per heavy atom. The van der Waals surface area contributed by atoms with Crippen LogP contribution in [0.1, 0.15) is 37.5 Å². The lowest BCUT2D eigenvalue weighted by Crippen LogP contribution is -2.26. The molecular formula is C15H25NO2. The molecule has 0 amide bonds. The molecule has 0 saturated heterocycles. The van der Waals surface area contributed by atoms with Crippen LogP contribution in [0.5, 0.6) is 0 Å². The monoisotopic (exact) mass is 251 g/mol. The summed E-state index contributed by atoms with van der Waals surface area (Å²) in [5.74, 6) is 0. The molecule has 0 aliphatic carbocycles. The fourth-order valence-corrected chi connectivity index (χ4v) is 1.78. The van der Waals surface area contributed by atoms with E-state index in [0.717, 1.165) is 6.42 Å². The quantitative estimate of drug-likeness (QED) is 0.810. The molecule has 0 saturated carbocycles. The predicted molar refractivity (Wildman–Crippen MR) is 74.6 cm³/mol. The Balaban J connectivity index is 2.56. The first kappa shape index (κ1) is 15.2. The van der Waals surface area contributed by atoms with Crippen molar-refractivity contribution < 1.29 is 9.47 Å². The van der Waals surface area contributed by atoms with Crippen molar-refractivity contribution in [2.24, 2.45) is 5.73 Å². The lowest BCUT2D eigenvalue weighted by molar-refractivity contribution is -0.0258. The van der Waals surface area contributed by atoms with Gasteiger partial charge < -0.3 is 15.2 Å². The summed E-state index contributed by atoms with van der Waals surface area (Å²) in [6.45, 7) is 7.35. The fraction of sp³-hybridized carbons (Fsp3) is 0.600. The van der Waals surface area contributed by atoms with Crippen LogP contribution in [0.15, 0.2) is 24.3 Å². The molecule has 1 aromatic rings. The number of hydrogen-bond acceptors (Lipinski definition) is 3. The van der Waals surface area contributed by atoms with Crippen molar-refractivity contribution in [2.45, 2.75) is 38.9 Å². The lowest BCUT2D eigenvalue weighted by Gasteiger charge is -2.25. The minimum Gasteiger partial charge on any atom is -0.379 e. The van der Waals surface area contributed by atoms with Crippen LogP contribution in [-0.2, 0) is 9.47 Å². The highest BCUT2D eigenvalue weighted by molar-refractivity contribution is 5.27. The second-order valence-corrected chi connectivity index (χ2v) is 5.17. The van der Waals surface area contributed by atoms with E-state index in [4.69, 9.17) is 15.2 Å². The van der Waals surface area contributed by atoms with Crippen LogP contribution in [-0.4, -0.2) is 25.9 Å². The number of hydrogen-bond donors (Lipinski definition) is 1. The molecule has 2 N–H and O–H groups in total. The third kappa shape index (κ3) is 4.41. The molecule has 0 radical (unpaired) electrons. The van der Waals surface area contributed by atoms with Gasteiger partial charge in [0, 0.05) is 13.7 Å². The van der Waals surface area contributed by atoms with Gasteiger partial charge in [-0.2, -0.15) is 0 Å². The molecule has 0 aliphatic heterocycles. The molecule has 102 valence electrons. The topological polar surface area (TPSA) is 44.5 Å². The summed E-state index contributed by atoms with van der Waals surface area (Å²) in [6.07, 6.45) is 0.824. The summed E-state index contributed by atoms with van der Waals surface area (Å²) < 4.78 is 11.3. The van der Waals surface area contributed by atoms with Gasteiger partial charge in [-0.15, -0.1) is 0 Å². The molecule has 3 heteroatoms. The Morgan fingerprint density at radius 1 is 1.28 bits per heavy atom. The molecule has 0 heterocycles. The summed E-state index contributed by atoms with van der Waals surface area (Å²) in [4.78, 5) is 0. The largest absolute Gasteiger partial charge is 0.379 e. The number of methoxy groups -OCH3 is 1. The SMILES string of the molecule is COC(C)(C)CCOC(CN)c1ccccc1C. The summed E-state index contributed by atoms with van der Waals surface area (Å²) in [7, 11) is 1.72. The Bertz CT molecular complexity index is 363. The molecule has 0 bridgehead atoms. The van der Waals surface area contributed by atoms with E-state index in [2.05, 4.69) is 32.9 Å². The van der Waals surface area contributed by atoms with Crippen molar-refractivity contribution in [3.05, 3.63) is 35.4 Å². The van der Waals surface area contributed by atoms with Gasteiger partial charge in [-0.3, -0.25) is 0 Å². The molecule has 3 nitrogen and oxygen atoms in total. The van der Waals surface area contributed by atoms with E-state index in [9.17, 15) is 0 Å². The number of nitrogens with two attached hydrogens (primary N) is 1. The van der Waals surface area contributed by atoms with Gasteiger partial charge >= 0.3 is 0 Å². The van der Waals surface area contributed by atoms with Gasteiger partial charge in [-0.1, -0.05) is 24.3 Å². The van der Waals surface area contributed by atoms with Crippen LogP contribution in [0.4, 0.5) is 0 Å². The second kappa shape index (κ2) is 6.88. The van der Waals surface area contributed by atoms with Crippen molar-refractivity contribution in [3.63, 3.8) is 0 Å². The standard InChI is InChI=1S/C15H25NO2/c1-12-7-5-6-8-13(12)14(11-16)18-10-9-15(2,3)17-4/h5-8,14H,9-11,16H2,1-4H3. The fourth-order valence-electron chi connectivity index (χ4n) is 1.78. The highest BCUT2D eigenvalue weighted by atomic mass is 16.5. The Labute approximate surface area is 110 Å². The highest BCUT2D eigenvalue weighted by Gasteiger charge is 2.18. The first-order chi connectivity index (χ1) is 8.50. The highest BCUT2D eigenvalue weighted by Crippen LogP contribution is 2.21. The van der Waals surface area contributed by atoms with E-state index in [-0.39, 0.29) is 11.7 Å². The van der Waals surface area contributed by atoms with Gasteiger partial charge in [-0.05, 0) is 38.3 Å². The van der Waals surface area contributed by atoms with Gasteiger partial charge in [0.1, 0.15) is 0 Å². The van der Waals surface area contributed by atoms with Crippen LogP contribution in [0.3, 0.4) is 0 Å². The molecule has 0 spiro atoms. The minimum atomic E-state index is -0.148. The van der Waals surface area contributed by atoms with Gasteiger partial charge in [0.15, 0.2) is 0 Å². The lowest BCUT2D eigenvalue weighted by atomic mass is 10.0. The number of rotatable bonds is 7. The second-order valence-electron chi connectivity index (χ2n) is 5.17. The normalized spacial score (nSPS) is 13.6. The van der Waals surface area contributed by atoms with E-state index in [0.29, 0.717) is 13.2 Å². The Kier molecular flexibility index (Phi) is 5.79. The van der Waals surface area contributed by atoms with Gasteiger partial charge in [0.2, 0.25) is 0 Å². The molecule has 1 aromatic carbocycles. The molecule has 1 atom stereocenters. The Morgan fingerprint density at radius 3 is 2.50 bits per heavy atom. The van der Waals surface area contributed by atoms with E-state index < -0.39 is 0 Å². The van der Waals surface area contributed by atoms with Crippen LogP contribution >= 0.6 is 0 Å². The summed E-state index contributed by atoms with van der Waals surface area (Å²) >= 11 is 0. The smallest absolute Gasteiger partial charge is 0.0949 e. The van der Waals surface area contributed by atoms with Gasteiger partial charge in [0.05, 0.1) is 18.3 Å². The molecular weight excluding hydrogens is 226 g/mol. The maximum Gasteiger partial charge on any atom is 0.0949 e. The van der Waals surface area contributed by atoms with Crippen LogP contribution in [0, 0.1) is 6.92 Å². The molecule has 0 aromatic heterocycles. The van der Waals surface area contributed by atoms with Crippen molar-refractivity contribution in [1.82, 2.24) is 0 Å². The summed E-state index contributed by atoms with van der Waals surface area (Å²) in [5, 5.41) is 0. The maximum atomic E-state index is 5.89. The predicted octanol–water partition coefficient (Wildman–Crippen LogP) is 2.83. The summed E-state index contributed by atoms with van der Waals surface area (Å²) in [6, 6.07) is 8.21. The zero-order chi connectivity index (χ0) is 13.6. The van der Waals surface area contributed by atoms with Crippen LogP contribution < -0.4 is 5.73 Å². The van der Waals surface area contributed by atoms with Gasteiger partial charge in [0.25, 0.3) is 0 Å². The van der Waals surface area contributed by atoms with Crippen molar-refractivity contribution in [1.29, 1.82) is 0 Å². The minimum absolute atomic E-state index is 0.0288. The number of ether oxygens (including phenoxy) is 2. The molecule has 18 heavy (non-hydrogen) atoms. The van der Waals surface area contributed by atoms with E-state index in [1.54, 1.807) is 7.11 Å². The van der Waals surface area contributed by atoms with Crippen LogP contribution in [0.25, 0.3) is 0 Å². The maximum absolute atomic E-state index is 5.89. The first-order valence-corrected chi connectivity index (χ1v) is 6.42. The first-order valence-electron chi connectivity index (χ1n) is 6.42. The van der Waals surface area contributed by atoms with Crippen molar-refractivity contribution >= 4 is 0 Å².